The Morgan fingerprint density at radius 3 is 2.14 bits per heavy atom. The molecule has 35 heavy (non-hydrogen) atoms. The lowest BCUT2D eigenvalue weighted by atomic mass is 9.43. The topological polar surface area (TPSA) is 149 Å². The summed E-state index contributed by atoms with van der Waals surface area (Å²) in [4.78, 5) is 0. The summed E-state index contributed by atoms with van der Waals surface area (Å²) in [5.74, 6) is 0.604. The van der Waals surface area contributed by atoms with E-state index in [0.717, 1.165) is 32.1 Å². The third-order valence-electron chi connectivity index (χ3n) is 10.4. The first-order valence-electron chi connectivity index (χ1n) is 13.2. The van der Waals surface area contributed by atoms with Crippen molar-refractivity contribution in [1.82, 2.24) is 0 Å². The van der Waals surface area contributed by atoms with E-state index in [-0.39, 0.29) is 23.5 Å². The highest BCUT2D eigenvalue weighted by Crippen LogP contribution is 2.66. The van der Waals surface area contributed by atoms with Gasteiger partial charge in [-0.25, -0.2) is 0 Å². The maximum atomic E-state index is 10.5. The molecule has 6 N–H and O–H groups in total. The lowest BCUT2D eigenvalue weighted by molar-refractivity contribution is -0.335. The SMILES string of the molecule is CC1(C)[C@H]2CC[C@]3(C)O[C@@](C)([C@@H](O)CO)CC[C@H]3[C@]2(C)CC[C@H]1O[C@@H]1O[C@H](CO)[C@@H](O)[C@H](O)[C@H]1O. The second kappa shape index (κ2) is 9.43. The van der Waals surface area contributed by atoms with Gasteiger partial charge in [-0.15, -0.1) is 0 Å². The highest BCUT2D eigenvalue weighted by atomic mass is 16.7. The normalized spacial score (nSPS) is 52.9. The minimum absolute atomic E-state index is 0.0166. The van der Waals surface area contributed by atoms with Gasteiger partial charge in [0.1, 0.15) is 30.5 Å². The number of hydrogen-bond donors (Lipinski definition) is 6. The quantitative estimate of drug-likeness (QED) is 0.299. The fourth-order valence-corrected chi connectivity index (χ4v) is 8.27. The number of fused-ring (bicyclic) bond motifs is 3. The van der Waals surface area contributed by atoms with Gasteiger partial charge in [0.2, 0.25) is 0 Å². The van der Waals surface area contributed by atoms with E-state index < -0.39 is 54.6 Å². The molecular formula is C26H46O9. The lowest BCUT2D eigenvalue weighted by Crippen LogP contribution is -2.67. The van der Waals surface area contributed by atoms with E-state index in [0.29, 0.717) is 18.3 Å². The van der Waals surface area contributed by atoms with Crippen LogP contribution in [-0.2, 0) is 14.2 Å². The first-order valence-corrected chi connectivity index (χ1v) is 13.2. The van der Waals surface area contributed by atoms with Crippen LogP contribution in [-0.4, -0.2) is 98.0 Å². The average molecular weight is 503 g/mol. The number of aliphatic hydroxyl groups excluding tert-OH is 6. The van der Waals surface area contributed by atoms with Crippen LogP contribution in [0.2, 0.25) is 0 Å². The molecule has 4 fully saturated rings. The van der Waals surface area contributed by atoms with Gasteiger partial charge in [0.05, 0.1) is 30.5 Å². The van der Waals surface area contributed by atoms with Crippen LogP contribution in [0.5, 0.6) is 0 Å². The molecule has 204 valence electrons. The standard InChI is InChI=1S/C26H46O9/c1-23(2)15-6-10-25(4)16(7-11-26(5,35-25)17(29)13-28)24(15,3)9-8-18(23)34-22-21(32)20(31)19(30)14(12-27)33-22/h14-22,27-32H,6-13H2,1-5H3/t14-,15-,16+,17+,18-,19-,20+,21-,22+,24-,25+,26-/m1/s1. The first-order chi connectivity index (χ1) is 16.2. The molecular weight excluding hydrogens is 456 g/mol. The van der Waals surface area contributed by atoms with Gasteiger partial charge in [0, 0.05) is 0 Å². The van der Waals surface area contributed by atoms with Crippen molar-refractivity contribution >= 4 is 0 Å². The molecule has 0 spiro atoms. The second-order valence-electron chi connectivity index (χ2n) is 12.8. The Morgan fingerprint density at radius 2 is 1.51 bits per heavy atom. The van der Waals surface area contributed by atoms with Gasteiger partial charge in [-0.2, -0.15) is 0 Å². The van der Waals surface area contributed by atoms with Gasteiger partial charge in [0.15, 0.2) is 6.29 Å². The third kappa shape index (κ3) is 4.38. The fourth-order valence-electron chi connectivity index (χ4n) is 8.27. The van der Waals surface area contributed by atoms with Crippen molar-refractivity contribution in [3.8, 4) is 0 Å². The van der Waals surface area contributed by atoms with Crippen molar-refractivity contribution in [2.24, 2.45) is 22.7 Å². The molecule has 2 saturated carbocycles. The van der Waals surface area contributed by atoms with Crippen LogP contribution in [0.3, 0.4) is 0 Å². The van der Waals surface area contributed by atoms with Crippen LogP contribution in [0.4, 0.5) is 0 Å². The Kier molecular flexibility index (Phi) is 7.46. The largest absolute Gasteiger partial charge is 0.394 e. The van der Waals surface area contributed by atoms with E-state index in [1.54, 1.807) is 0 Å². The summed E-state index contributed by atoms with van der Waals surface area (Å²) >= 11 is 0. The Labute approximate surface area is 208 Å². The summed E-state index contributed by atoms with van der Waals surface area (Å²) in [5, 5.41) is 60.3. The summed E-state index contributed by atoms with van der Waals surface area (Å²) in [6.07, 6.45) is -2.58. The first kappa shape index (κ1) is 27.7. The maximum absolute atomic E-state index is 10.5. The molecule has 2 saturated heterocycles. The number of aliphatic hydroxyl groups is 6. The minimum atomic E-state index is -1.46. The van der Waals surface area contributed by atoms with E-state index in [9.17, 15) is 30.6 Å². The van der Waals surface area contributed by atoms with Crippen molar-refractivity contribution in [3.05, 3.63) is 0 Å². The number of rotatable bonds is 5. The Morgan fingerprint density at radius 1 is 0.857 bits per heavy atom. The highest BCUT2D eigenvalue weighted by molar-refractivity contribution is 5.13. The third-order valence-corrected chi connectivity index (χ3v) is 10.4. The van der Waals surface area contributed by atoms with Crippen molar-refractivity contribution in [1.29, 1.82) is 0 Å². The summed E-state index contributed by atoms with van der Waals surface area (Å²) in [7, 11) is 0. The zero-order chi connectivity index (χ0) is 26.0. The van der Waals surface area contributed by atoms with E-state index in [1.807, 2.05) is 6.92 Å². The van der Waals surface area contributed by atoms with Gasteiger partial charge in [0.25, 0.3) is 0 Å². The highest BCUT2D eigenvalue weighted by Gasteiger charge is 2.64. The van der Waals surface area contributed by atoms with Crippen LogP contribution in [0.1, 0.15) is 73.1 Å². The number of hydrogen-bond acceptors (Lipinski definition) is 9. The molecule has 0 aromatic rings. The van der Waals surface area contributed by atoms with Crippen molar-refractivity contribution in [2.75, 3.05) is 13.2 Å². The summed E-state index contributed by atoms with van der Waals surface area (Å²) < 4.78 is 18.6. The summed E-state index contributed by atoms with van der Waals surface area (Å²) in [5.41, 5.74) is -1.44. The zero-order valence-electron chi connectivity index (χ0n) is 21.8. The zero-order valence-corrected chi connectivity index (χ0v) is 21.8. The van der Waals surface area contributed by atoms with Gasteiger partial charge >= 0.3 is 0 Å². The summed E-state index contributed by atoms with van der Waals surface area (Å²) in [6.45, 7) is 9.99. The van der Waals surface area contributed by atoms with Crippen LogP contribution < -0.4 is 0 Å². The Balaban J connectivity index is 1.52. The molecule has 2 heterocycles. The molecule has 9 nitrogen and oxygen atoms in total. The predicted octanol–water partition coefficient (Wildman–Crippen LogP) is 0.705. The minimum Gasteiger partial charge on any atom is -0.394 e. The molecule has 4 aliphatic rings. The van der Waals surface area contributed by atoms with Crippen LogP contribution in [0.25, 0.3) is 0 Å². The monoisotopic (exact) mass is 502 g/mol. The smallest absolute Gasteiger partial charge is 0.186 e. The molecule has 2 aliphatic carbocycles. The molecule has 0 bridgehead atoms. The molecule has 4 rings (SSSR count). The molecule has 0 aromatic carbocycles. The maximum Gasteiger partial charge on any atom is 0.186 e. The van der Waals surface area contributed by atoms with Crippen molar-refractivity contribution < 1.29 is 44.8 Å². The Hall–Kier alpha value is -0.360. The van der Waals surface area contributed by atoms with Crippen LogP contribution >= 0.6 is 0 Å². The van der Waals surface area contributed by atoms with Gasteiger partial charge in [-0.05, 0) is 75.0 Å². The van der Waals surface area contributed by atoms with Gasteiger partial charge in [-0.3, -0.25) is 0 Å². The molecule has 0 amide bonds. The van der Waals surface area contributed by atoms with Crippen molar-refractivity contribution in [3.63, 3.8) is 0 Å². The number of ether oxygens (including phenoxy) is 3. The summed E-state index contributed by atoms with van der Waals surface area (Å²) in [6, 6.07) is 0. The van der Waals surface area contributed by atoms with Crippen LogP contribution in [0.15, 0.2) is 0 Å². The predicted molar refractivity (Wildman–Crippen MR) is 126 cm³/mol. The average Bonchev–Trinajstić information content (AvgIpc) is 2.79. The van der Waals surface area contributed by atoms with Gasteiger partial charge < -0.3 is 44.8 Å². The van der Waals surface area contributed by atoms with Crippen molar-refractivity contribution in [2.45, 2.75) is 127 Å². The molecule has 12 atom stereocenters. The second-order valence-corrected chi connectivity index (χ2v) is 12.8. The molecule has 0 unspecified atom stereocenters. The van der Waals surface area contributed by atoms with E-state index >= 15 is 0 Å². The fraction of sp³-hybridized carbons (Fsp3) is 1.00. The van der Waals surface area contributed by atoms with Gasteiger partial charge in [-0.1, -0.05) is 20.8 Å². The Bertz CT molecular complexity index is 761. The molecule has 9 heteroatoms. The van der Waals surface area contributed by atoms with Crippen LogP contribution in [0, 0.1) is 22.7 Å². The van der Waals surface area contributed by atoms with E-state index in [4.69, 9.17) is 14.2 Å². The lowest BCUT2D eigenvalue weighted by Gasteiger charge is -2.66. The van der Waals surface area contributed by atoms with E-state index in [2.05, 4.69) is 27.7 Å². The molecule has 2 aliphatic heterocycles. The molecule has 0 radical (unpaired) electrons. The molecule has 0 aromatic heterocycles. The van der Waals surface area contributed by atoms with E-state index in [1.165, 1.54) is 0 Å².